The Labute approximate surface area is 140 Å². The summed E-state index contributed by atoms with van der Waals surface area (Å²) in [4.78, 5) is 13.1. The van der Waals surface area contributed by atoms with Gasteiger partial charge in [-0.1, -0.05) is 52.3 Å². The molecule has 0 radical (unpaired) electrons. The Morgan fingerprint density at radius 1 is 0.870 bits per heavy atom. The number of carbonyl (C=O) groups is 1. The average molecular weight is 366 g/mol. The second-order valence-electron chi connectivity index (χ2n) is 5.34. The van der Waals surface area contributed by atoms with Crippen LogP contribution in [0.5, 0.6) is 5.75 Å². The van der Waals surface area contributed by atoms with Gasteiger partial charge in [-0.3, -0.25) is 9.36 Å². The Bertz CT molecular complexity index is 1010. The Balaban J connectivity index is 2.07. The highest BCUT2D eigenvalue weighted by atomic mass is 79.9. The Morgan fingerprint density at radius 3 is 2.04 bits per heavy atom. The lowest BCUT2D eigenvalue weighted by atomic mass is 10.2. The lowest BCUT2D eigenvalue weighted by molar-refractivity contribution is 0.0967. The predicted molar refractivity (Wildman–Crippen MR) is 95.0 cm³/mol. The molecule has 3 nitrogen and oxygen atoms in total. The van der Waals surface area contributed by atoms with Crippen molar-refractivity contribution in [3.05, 3.63) is 76.8 Å². The van der Waals surface area contributed by atoms with Crippen LogP contribution in [-0.4, -0.2) is 15.6 Å². The fraction of sp³-hybridized carbons (Fsp3) is 0. The maximum atomic E-state index is 13.1. The van der Waals surface area contributed by atoms with Gasteiger partial charge in [-0.25, -0.2) is 0 Å². The average Bonchev–Trinajstić information content (AvgIpc) is 2.91. The minimum Gasteiger partial charge on any atom is -0.507 e. The molecule has 112 valence electrons. The third-order valence-corrected chi connectivity index (χ3v) is 4.47. The van der Waals surface area contributed by atoms with Crippen molar-refractivity contribution in [2.24, 2.45) is 0 Å². The molecule has 4 rings (SSSR count). The van der Waals surface area contributed by atoms with Crippen LogP contribution < -0.4 is 0 Å². The van der Waals surface area contributed by atoms with Gasteiger partial charge in [-0.15, -0.1) is 0 Å². The molecule has 0 saturated carbocycles. The number of nitrogens with zero attached hydrogens (tertiary/aromatic N) is 1. The molecule has 1 N–H and O–H groups in total. The number of carbonyl (C=O) groups excluding carboxylic acids is 1. The molecule has 0 unspecified atom stereocenters. The number of phenols is 1. The first-order chi connectivity index (χ1) is 11.2. The van der Waals surface area contributed by atoms with E-state index >= 15 is 0 Å². The quantitative estimate of drug-likeness (QED) is 0.518. The van der Waals surface area contributed by atoms with Crippen molar-refractivity contribution in [3.63, 3.8) is 0 Å². The van der Waals surface area contributed by atoms with Crippen LogP contribution in [0, 0.1) is 0 Å². The molecule has 23 heavy (non-hydrogen) atoms. The standard InChI is InChI=1S/C19H12BrNO2/c20-12-9-10-18(22)15(11-12)19(23)21-16-7-3-1-5-13(16)14-6-2-4-8-17(14)21/h1-11,22H. The van der Waals surface area contributed by atoms with E-state index in [4.69, 9.17) is 0 Å². The largest absolute Gasteiger partial charge is 0.507 e. The summed E-state index contributed by atoms with van der Waals surface area (Å²) in [5.74, 6) is -0.277. The molecule has 0 aliphatic carbocycles. The highest BCUT2D eigenvalue weighted by Gasteiger charge is 2.19. The maximum absolute atomic E-state index is 13.1. The first-order valence-corrected chi connectivity index (χ1v) is 7.97. The first kappa shape index (κ1) is 14.0. The molecule has 3 aromatic carbocycles. The second kappa shape index (κ2) is 5.25. The van der Waals surface area contributed by atoms with Crippen LogP contribution in [0.3, 0.4) is 0 Å². The molecule has 1 aromatic heterocycles. The summed E-state index contributed by atoms with van der Waals surface area (Å²) in [7, 11) is 0. The summed E-state index contributed by atoms with van der Waals surface area (Å²) in [5, 5.41) is 12.1. The molecule has 0 fully saturated rings. The lowest BCUT2D eigenvalue weighted by Gasteiger charge is -2.08. The van der Waals surface area contributed by atoms with Gasteiger partial charge in [0.15, 0.2) is 0 Å². The van der Waals surface area contributed by atoms with Crippen LogP contribution in [0.15, 0.2) is 71.2 Å². The fourth-order valence-electron chi connectivity index (χ4n) is 2.94. The van der Waals surface area contributed by atoms with Crippen molar-refractivity contribution >= 4 is 43.6 Å². The van der Waals surface area contributed by atoms with Crippen LogP contribution in [0.25, 0.3) is 21.8 Å². The maximum Gasteiger partial charge on any atom is 0.266 e. The van der Waals surface area contributed by atoms with Gasteiger partial charge in [0.05, 0.1) is 16.6 Å². The van der Waals surface area contributed by atoms with Crippen molar-refractivity contribution in [2.45, 2.75) is 0 Å². The van der Waals surface area contributed by atoms with E-state index in [1.807, 2.05) is 48.5 Å². The summed E-state index contributed by atoms with van der Waals surface area (Å²) >= 11 is 3.35. The highest BCUT2D eigenvalue weighted by Crippen LogP contribution is 2.31. The van der Waals surface area contributed by atoms with E-state index in [-0.39, 0.29) is 17.2 Å². The molecule has 0 aliphatic rings. The third kappa shape index (κ3) is 2.14. The van der Waals surface area contributed by atoms with Crippen LogP contribution in [0.4, 0.5) is 0 Å². The number of para-hydroxylation sites is 2. The van der Waals surface area contributed by atoms with E-state index in [9.17, 15) is 9.90 Å². The Morgan fingerprint density at radius 2 is 1.43 bits per heavy atom. The van der Waals surface area contributed by atoms with Gasteiger partial charge in [0.1, 0.15) is 5.75 Å². The monoisotopic (exact) mass is 365 g/mol. The number of benzene rings is 3. The highest BCUT2D eigenvalue weighted by molar-refractivity contribution is 9.10. The van der Waals surface area contributed by atoms with Crippen LogP contribution >= 0.6 is 15.9 Å². The van der Waals surface area contributed by atoms with E-state index in [2.05, 4.69) is 15.9 Å². The lowest BCUT2D eigenvalue weighted by Crippen LogP contribution is -2.11. The molecule has 1 heterocycles. The van der Waals surface area contributed by atoms with Gasteiger partial charge < -0.3 is 5.11 Å². The topological polar surface area (TPSA) is 42.2 Å². The number of aromatic hydroxyl groups is 1. The van der Waals surface area contributed by atoms with Gasteiger partial charge in [0.25, 0.3) is 5.91 Å². The Hall–Kier alpha value is -2.59. The van der Waals surface area contributed by atoms with E-state index < -0.39 is 0 Å². The number of hydrogen-bond acceptors (Lipinski definition) is 2. The molecule has 0 atom stereocenters. The van der Waals surface area contributed by atoms with Crippen molar-refractivity contribution in [1.29, 1.82) is 0 Å². The minimum atomic E-state index is -0.249. The summed E-state index contributed by atoms with van der Waals surface area (Å²) in [5.41, 5.74) is 1.93. The molecular weight excluding hydrogens is 354 g/mol. The van der Waals surface area contributed by atoms with Crippen LogP contribution in [0.2, 0.25) is 0 Å². The van der Waals surface area contributed by atoms with Gasteiger partial charge in [0, 0.05) is 15.2 Å². The first-order valence-electron chi connectivity index (χ1n) is 7.18. The summed E-state index contributed by atoms with van der Waals surface area (Å²) < 4.78 is 2.41. The number of rotatable bonds is 1. The van der Waals surface area contributed by atoms with Crippen molar-refractivity contribution in [3.8, 4) is 5.75 Å². The second-order valence-corrected chi connectivity index (χ2v) is 6.25. The van der Waals surface area contributed by atoms with E-state index in [0.717, 1.165) is 26.3 Å². The van der Waals surface area contributed by atoms with Gasteiger partial charge in [0.2, 0.25) is 0 Å². The van der Waals surface area contributed by atoms with Gasteiger partial charge >= 0.3 is 0 Å². The van der Waals surface area contributed by atoms with Crippen LogP contribution in [-0.2, 0) is 0 Å². The zero-order chi connectivity index (χ0) is 16.0. The van der Waals surface area contributed by atoms with Crippen molar-refractivity contribution in [2.75, 3.05) is 0 Å². The van der Waals surface area contributed by atoms with E-state index in [1.54, 1.807) is 16.7 Å². The predicted octanol–water partition coefficient (Wildman–Crippen LogP) is 4.95. The van der Waals surface area contributed by atoms with E-state index in [1.165, 1.54) is 6.07 Å². The summed E-state index contributed by atoms with van der Waals surface area (Å²) in [6.07, 6.45) is 0. The molecule has 0 amide bonds. The summed E-state index contributed by atoms with van der Waals surface area (Å²) in [6, 6.07) is 20.4. The zero-order valence-electron chi connectivity index (χ0n) is 12.0. The molecule has 0 spiro atoms. The molecule has 0 bridgehead atoms. The minimum absolute atomic E-state index is 0.0277. The SMILES string of the molecule is O=C(c1cc(Br)ccc1O)n1c2ccccc2c2ccccc21. The fourth-order valence-corrected chi connectivity index (χ4v) is 3.30. The number of halogens is 1. The molecule has 0 saturated heterocycles. The smallest absolute Gasteiger partial charge is 0.266 e. The molecule has 4 heteroatoms. The van der Waals surface area contributed by atoms with E-state index in [0.29, 0.717) is 0 Å². The van der Waals surface area contributed by atoms with Gasteiger partial charge in [-0.05, 0) is 30.3 Å². The number of fused-ring (bicyclic) bond motifs is 3. The summed E-state index contributed by atoms with van der Waals surface area (Å²) in [6.45, 7) is 0. The number of hydrogen-bond donors (Lipinski definition) is 1. The molecule has 4 aromatic rings. The van der Waals surface area contributed by atoms with Crippen molar-refractivity contribution in [1.82, 2.24) is 4.57 Å². The number of aromatic nitrogens is 1. The molecular formula is C19H12BrNO2. The van der Waals surface area contributed by atoms with Crippen LogP contribution in [0.1, 0.15) is 10.4 Å². The normalized spacial score (nSPS) is 11.2. The van der Waals surface area contributed by atoms with Crippen molar-refractivity contribution < 1.29 is 9.90 Å². The number of phenolic OH excluding ortho intramolecular Hbond substituents is 1. The third-order valence-electron chi connectivity index (χ3n) is 3.97. The van der Waals surface area contributed by atoms with Gasteiger partial charge in [-0.2, -0.15) is 0 Å². The zero-order valence-corrected chi connectivity index (χ0v) is 13.6. The molecule has 0 aliphatic heterocycles. The Kier molecular flexibility index (Phi) is 3.20.